The molecule has 2 aliphatic heterocycles. The van der Waals surface area contributed by atoms with Gasteiger partial charge in [-0.3, -0.25) is 19.3 Å². The minimum atomic E-state index is -0.265. The molecule has 32 heavy (non-hydrogen) atoms. The molecule has 2 aliphatic rings. The number of nitrogens with zero attached hydrogens (tertiary/aromatic N) is 2. The lowest BCUT2D eigenvalue weighted by Crippen LogP contribution is -2.34. The minimum Gasteiger partial charge on any atom is -0.376 e. The molecular formula is C23H26BrN3O4S. The molecule has 0 spiro atoms. The summed E-state index contributed by atoms with van der Waals surface area (Å²) in [5.74, 6) is -0.156. The van der Waals surface area contributed by atoms with Crippen LogP contribution >= 0.6 is 27.7 Å². The highest BCUT2D eigenvalue weighted by molar-refractivity contribution is 9.10. The number of benzene rings is 1. The topological polar surface area (TPSA) is 80.6 Å². The molecule has 4 rings (SSSR count). The molecule has 0 unspecified atom stereocenters. The van der Waals surface area contributed by atoms with Gasteiger partial charge in [-0.1, -0.05) is 29.8 Å². The monoisotopic (exact) mass is 519 g/mol. The lowest BCUT2D eigenvalue weighted by Gasteiger charge is -2.14. The van der Waals surface area contributed by atoms with Crippen LogP contribution in [0.4, 0.5) is 4.79 Å². The summed E-state index contributed by atoms with van der Waals surface area (Å²) >= 11 is 4.46. The number of rotatable bonds is 7. The average molecular weight is 520 g/mol. The van der Waals surface area contributed by atoms with Gasteiger partial charge in [-0.25, -0.2) is 0 Å². The third kappa shape index (κ3) is 5.10. The number of ether oxygens (including phenoxy) is 1. The Kier molecular flexibility index (Phi) is 7.07. The number of amides is 3. The first kappa shape index (κ1) is 23.1. The zero-order valence-corrected chi connectivity index (χ0v) is 20.5. The van der Waals surface area contributed by atoms with E-state index in [0.29, 0.717) is 18.0 Å². The van der Waals surface area contributed by atoms with Crippen LogP contribution in [0.1, 0.15) is 32.3 Å². The second-order valence-corrected chi connectivity index (χ2v) is 10.4. The van der Waals surface area contributed by atoms with E-state index in [1.807, 2.05) is 42.8 Å². The zero-order chi connectivity index (χ0) is 22.8. The van der Waals surface area contributed by atoms with Crippen molar-refractivity contribution in [2.24, 2.45) is 5.92 Å². The van der Waals surface area contributed by atoms with E-state index in [0.717, 1.165) is 52.1 Å². The van der Waals surface area contributed by atoms with Crippen LogP contribution < -0.4 is 5.32 Å². The summed E-state index contributed by atoms with van der Waals surface area (Å²) in [7, 11) is 0. The number of fused-ring (bicyclic) bond motifs is 1. The quantitative estimate of drug-likeness (QED) is 0.548. The highest BCUT2D eigenvalue weighted by atomic mass is 79.9. The van der Waals surface area contributed by atoms with Crippen molar-refractivity contribution in [3.63, 3.8) is 0 Å². The first-order valence-corrected chi connectivity index (χ1v) is 12.3. The Morgan fingerprint density at radius 3 is 2.91 bits per heavy atom. The summed E-state index contributed by atoms with van der Waals surface area (Å²) in [5, 5.41) is 3.61. The zero-order valence-electron chi connectivity index (χ0n) is 18.1. The molecule has 7 nitrogen and oxygen atoms in total. The summed E-state index contributed by atoms with van der Waals surface area (Å²) in [4.78, 5) is 39.4. The van der Waals surface area contributed by atoms with Crippen LogP contribution in [0.5, 0.6) is 0 Å². The van der Waals surface area contributed by atoms with E-state index in [9.17, 15) is 14.4 Å². The Labute approximate surface area is 199 Å². The summed E-state index contributed by atoms with van der Waals surface area (Å²) in [6.07, 6.45) is 5.70. The summed E-state index contributed by atoms with van der Waals surface area (Å²) in [6, 6.07) is 5.82. The van der Waals surface area contributed by atoms with Crippen molar-refractivity contribution < 1.29 is 19.1 Å². The largest absolute Gasteiger partial charge is 0.376 e. The van der Waals surface area contributed by atoms with E-state index in [1.54, 1.807) is 6.08 Å². The fourth-order valence-corrected chi connectivity index (χ4v) is 5.15. The SMILES string of the molecule is CC(C)CN1C(=O)S/C(=C\c2cn(CC(=O)NC[C@H]3CCCO3)c3ccc(Br)cc23)C1=O. The lowest BCUT2D eigenvalue weighted by atomic mass is 10.1. The van der Waals surface area contributed by atoms with Gasteiger partial charge in [0.15, 0.2) is 0 Å². The number of carbonyl (C=O) groups is 3. The normalized spacial score (nSPS) is 20.3. The molecule has 170 valence electrons. The maximum Gasteiger partial charge on any atom is 0.293 e. The lowest BCUT2D eigenvalue weighted by molar-refractivity contribution is -0.123. The Hall–Kier alpha value is -2.10. The van der Waals surface area contributed by atoms with Crippen molar-refractivity contribution in [3.05, 3.63) is 39.3 Å². The molecule has 2 fully saturated rings. The Morgan fingerprint density at radius 2 is 2.19 bits per heavy atom. The van der Waals surface area contributed by atoms with Crippen molar-refractivity contribution in [2.75, 3.05) is 19.7 Å². The molecule has 1 N–H and O–H groups in total. The van der Waals surface area contributed by atoms with E-state index >= 15 is 0 Å². The number of imide groups is 1. The molecule has 9 heteroatoms. The third-order valence-electron chi connectivity index (χ3n) is 5.45. The molecule has 1 atom stereocenters. The van der Waals surface area contributed by atoms with Gasteiger partial charge in [-0.05, 0) is 54.8 Å². The fraction of sp³-hybridized carbons (Fsp3) is 0.435. The van der Waals surface area contributed by atoms with Crippen LogP contribution in [0.3, 0.4) is 0 Å². The molecular weight excluding hydrogens is 494 g/mol. The standard InChI is InChI=1S/C23H26BrN3O4S/c1-14(2)11-27-22(29)20(32-23(27)30)8-15-12-26(19-6-5-16(24)9-18(15)19)13-21(28)25-10-17-4-3-7-31-17/h5-6,8-9,12,14,17H,3-4,7,10-11,13H2,1-2H3,(H,25,28)/b20-8-/t17-/m1/s1. The molecule has 1 aromatic carbocycles. The number of nitrogens with one attached hydrogen (secondary N) is 1. The second kappa shape index (κ2) is 9.80. The van der Waals surface area contributed by atoms with Gasteiger partial charge in [0, 0.05) is 46.8 Å². The molecule has 0 bridgehead atoms. The number of aromatic nitrogens is 1. The van der Waals surface area contributed by atoms with Crippen molar-refractivity contribution in [3.8, 4) is 0 Å². The van der Waals surface area contributed by atoms with Gasteiger partial charge in [0.2, 0.25) is 5.91 Å². The van der Waals surface area contributed by atoms with E-state index < -0.39 is 0 Å². The number of hydrogen-bond donors (Lipinski definition) is 1. The van der Waals surface area contributed by atoms with E-state index in [2.05, 4.69) is 21.2 Å². The smallest absolute Gasteiger partial charge is 0.293 e. The molecule has 3 heterocycles. The summed E-state index contributed by atoms with van der Waals surface area (Å²) < 4.78 is 8.33. The number of thioether (sulfide) groups is 1. The molecule has 0 saturated carbocycles. The Bertz CT molecular complexity index is 1090. The Balaban J connectivity index is 1.58. The van der Waals surface area contributed by atoms with Gasteiger partial charge in [0.25, 0.3) is 11.1 Å². The predicted molar refractivity (Wildman–Crippen MR) is 129 cm³/mol. The van der Waals surface area contributed by atoms with E-state index in [-0.39, 0.29) is 35.6 Å². The van der Waals surface area contributed by atoms with Crippen LogP contribution in [0.2, 0.25) is 0 Å². The third-order valence-corrected chi connectivity index (χ3v) is 6.85. The molecule has 0 radical (unpaired) electrons. The van der Waals surface area contributed by atoms with Crippen molar-refractivity contribution >= 4 is 61.7 Å². The first-order chi connectivity index (χ1) is 15.3. The molecule has 0 aliphatic carbocycles. The van der Waals surface area contributed by atoms with E-state index in [1.165, 1.54) is 4.90 Å². The molecule has 3 amide bonds. The first-order valence-electron chi connectivity index (χ1n) is 10.7. The minimum absolute atomic E-state index is 0.0910. The average Bonchev–Trinajstić information content (AvgIpc) is 3.43. The van der Waals surface area contributed by atoms with Gasteiger partial charge >= 0.3 is 0 Å². The van der Waals surface area contributed by atoms with Crippen LogP contribution in [0.25, 0.3) is 17.0 Å². The number of halogens is 1. The fourth-order valence-electron chi connectivity index (χ4n) is 3.95. The van der Waals surface area contributed by atoms with E-state index in [4.69, 9.17) is 4.74 Å². The van der Waals surface area contributed by atoms with Gasteiger partial charge in [0.1, 0.15) is 6.54 Å². The van der Waals surface area contributed by atoms with Crippen molar-refractivity contribution in [1.82, 2.24) is 14.8 Å². The van der Waals surface area contributed by atoms with Crippen molar-refractivity contribution in [2.45, 2.75) is 39.3 Å². The highest BCUT2D eigenvalue weighted by Crippen LogP contribution is 2.35. The highest BCUT2D eigenvalue weighted by Gasteiger charge is 2.35. The Morgan fingerprint density at radius 1 is 1.38 bits per heavy atom. The maximum atomic E-state index is 12.8. The van der Waals surface area contributed by atoms with Crippen molar-refractivity contribution in [1.29, 1.82) is 0 Å². The molecule has 2 saturated heterocycles. The second-order valence-electron chi connectivity index (χ2n) is 8.50. The van der Waals surface area contributed by atoms with Gasteiger partial charge in [-0.15, -0.1) is 0 Å². The summed E-state index contributed by atoms with van der Waals surface area (Å²) in [6.45, 7) is 5.78. The van der Waals surface area contributed by atoms with Crippen LogP contribution in [0.15, 0.2) is 33.8 Å². The predicted octanol–water partition coefficient (Wildman–Crippen LogP) is 4.39. The van der Waals surface area contributed by atoms with Gasteiger partial charge in [0.05, 0.1) is 11.0 Å². The van der Waals surface area contributed by atoms with Gasteiger partial charge < -0.3 is 14.6 Å². The van der Waals surface area contributed by atoms with Gasteiger partial charge in [-0.2, -0.15) is 0 Å². The van der Waals surface area contributed by atoms with Crippen LogP contribution in [0, 0.1) is 5.92 Å². The van der Waals surface area contributed by atoms with Crippen LogP contribution in [-0.4, -0.2) is 52.3 Å². The summed E-state index contributed by atoms with van der Waals surface area (Å²) in [5.41, 5.74) is 1.68. The van der Waals surface area contributed by atoms with Crippen LogP contribution in [-0.2, 0) is 20.9 Å². The maximum absolute atomic E-state index is 12.8. The molecule has 1 aromatic heterocycles. The number of hydrogen-bond acceptors (Lipinski definition) is 5. The molecule has 2 aromatic rings. The number of carbonyl (C=O) groups excluding carboxylic acids is 3.